The summed E-state index contributed by atoms with van der Waals surface area (Å²) in [6.45, 7) is 0.422. The van der Waals surface area contributed by atoms with E-state index in [9.17, 15) is 9.59 Å². The van der Waals surface area contributed by atoms with Crippen LogP contribution in [0.5, 0.6) is 5.75 Å². The van der Waals surface area contributed by atoms with Gasteiger partial charge >= 0.3 is 0 Å². The summed E-state index contributed by atoms with van der Waals surface area (Å²) in [5, 5.41) is 1.03. The van der Waals surface area contributed by atoms with Gasteiger partial charge in [0.15, 0.2) is 0 Å². The van der Waals surface area contributed by atoms with Crippen molar-refractivity contribution in [1.82, 2.24) is 9.80 Å². The fraction of sp³-hybridized carbons (Fsp3) is 0.600. The van der Waals surface area contributed by atoms with E-state index in [0.717, 1.165) is 25.7 Å². The van der Waals surface area contributed by atoms with Crippen molar-refractivity contribution < 1.29 is 14.3 Å². The highest BCUT2D eigenvalue weighted by atomic mass is 35.5. The molecule has 0 radical (unpaired) electrons. The van der Waals surface area contributed by atoms with Crippen LogP contribution in [0.3, 0.4) is 0 Å². The molecule has 0 bridgehead atoms. The van der Waals surface area contributed by atoms with Crippen molar-refractivity contribution in [2.75, 3.05) is 27.7 Å². The summed E-state index contributed by atoms with van der Waals surface area (Å²) in [7, 11) is 5.45. The Balaban J connectivity index is 1.71. The Bertz CT molecular complexity index is 659. The van der Waals surface area contributed by atoms with Gasteiger partial charge in [0.2, 0.25) is 11.8 Å². The number of amides is 2. The lowest BCUT2D eigenvalue weighted by atomic mass is 9.84. The second-order valence-electron chi connectivity index (χ2n) is 7.27. The molecular formula is C20H28Cl2N2O3. The van der Waals surface area contributed by atoms with E-state index in [1.54, 1.807) is 37.2 Å². The second kappa shape index (κ2) is 10.2. The normalized spacial score (nSPS) is 19.4. The number of halogens is 2. The Morgan fingerprint density at radius 1 is 1.11 bits per heavy atom. The zero-order valence-corrected chi connectivity index (χ0v) is 17.7. The molecule has 2 rings (SSSR count). The lowest BCUT2D eigenvalue weighted by Crippen LogP contribution is -2.41. The van der Waals surface area contributed by atoms with E-state index < -0.39 is 0 Å². The molecule has 1 fully saturated rings. The summed E-state index contributed by atoms with van der Waals surface area (Å²) in [6.07, 6.45) is 4.50. The maximum absolute atomic E-state index is 12.4. The van der Waals surface area contributed by atoms with Gasteiger partial charge in [-0.25, -0.2) is 0 Å². The average Bonchev–Trinajstić information content (AvgIpc) is 2.65. The first-order valence-corrected chi connectivity index (χ1v) is 10.1. The molecule has 0 spiro atoms. The molecular weight excluding hydrogens is 387 g/mol. The number of rotatable bonds is 7. The van der Waals surface area contributed by atoms with E-state index in [-0.39, 0.29) is 23.8 Å². The van der Waals surface area contributed by atoms with E-state index in [1.165, 1.54) is 0 Å². The van der Waals surface area contributed by atoms with E-state index in [2.05, 4.69) is 0 Å². The number of hydrogen-bond acceptors (Lipinski definition) is 3. The Labute approximate surface area is 171 Å². The molecule has 0 aromatic heterocycles. The molecule has 0 heterocycles. The molecule has 0 saturated heterocycles. The molecule has 1 aliphatic carbocycles. The first-order chi connectivity index (χ1) is 12.8. The molecule has 0 N–H and O–H groups in total. The van der Waals surface area contributed by atoms with Crippen LogP contribution in [0.1, 0.15) is 38.5 Å². The lowest BCUT2D eigenvalue weighted by molar-refractivity contribution is -0.135. The summed E-state index contributed by atoms with van der Waals surface area (Å²) in [4.78, 5) is 28.0. The number of carbonyl (C=O) groups is 2. The highest BCUT2D eigenvalue weighted by Crippen LogP contribution is 2.29. The highest BCUT2D eigenvalue weighted by Gasteiger charge is 2.30. The minimum atomic E-state index is 0.0947. The number of hydrogen-bond donors (Lipinski definition) is 0. The van der Waals surface area contributed by atoms with Gasteiger partial charge in [0, 0.05) is 44.5 Å². The zero-order valence-electron chi connectivity index (χ0n) is 16.2. The predicted octanol–water partition coefficient (Wildman–Crippen LogP) is 4.26. The number of ether oxygens (including phenoxy) is 1. The standard InChI is InChI=1S/C20H28Cl2N2O3/c1-23(2)20(26)14-6-9-16(10-7-14)24(3)19(25)5-4-12-27-18-11-8-15(21)13-17(18)22/h8,11,13-14,16H,4-7,9-10,12H2,1-3H3. The Morgan fingerprint density at radius 2 is 1.78 bits per heavy atom. The van der Waals surface area contributed by atoms with Gasteiger partial charge in [0.05, 0.1) is 11.6 Å². The van der Waals surface area contributed by atoms with E-state index >= 15 is 0 Å². The Hall–Kier alpha value is -1.46. The molecule has 1 aromatic rings. The summed E-state index contributed by atoms with van der Waals surface area (Å²) in [5.41, 5.74) is 0. The predicted molar refractivity (Wildman–Crippen MR) is 108 cm³/mol. The van der Waals surface area contributed by atoms with Crippen molar-refractivity contribution >= 4 is 35.0 Å². The fourth-order valence-corrected chi connectivity index (χ4v) is 3.92. The first kappa shape index (κ1) is 21.8. The van der Waals surface area contributed by atoms with Gasteiger partial charge in [-0.3, -0.25) is 9.59 Å². The van der Waals surface area contributed by atoms with Crippen LogP contribution in [0, 0.1) is 5.92 Å². The third kappa shape index (κ3) is 6.28. The van der Waals surface area contributed by atoms with Gasteiger partial charge in [-0.05, 0) is 50.3 Å². The molecule has 27 heavy (non-hydrogen) atoms. The van der Waals surface area contributed by atoms with Crippen molar-refractivity contribution in [3.05, 3.63) is 28.2 Å². The lowest BCUT2D eigenvalue weighted by Gasteiger charge is -2.35. The largest absolute Gasteiger partial charge is 0.492 e. The van der Waals surface area contributed by atoms with Crippen molar-refractivity contribution in [1.29, 1.82) is 0 Å². The topological polar surface area (TPSA) is 49.9 Å². The van der Waals surface area contributed by atoms with Crippen LogP contribution in [-0.4, -0.2) is 55.4 Å². The number of benzene rings is 1. The number of carbonyl (C=O) groups excluding carboxylic acids is 2. The molecule has 150 valence electrons. The summed E-state index contributed by atoms with van der Waals surface area (Å²) < 4.78 is 5.63. The molecule has 5 nitrogen and oxygen atoms in total. The van der Waals surface area contributed by atoms with Gasteiger partial charge in [0.25, 0.3) is 0 Å². The van der Waals surface area contributed by atoms with Crippen LogP contribution in [0.25, 0.3) is 0 Å². The average molecular weight is 415 g/mol. The molecule has 1 aromatic carbocycles. The van der Waals surface area contributed by atoms with Gasteiger partial charge in [-0.15, -0.1) is 0 Å². The van der Waals surface area contributed by atoms with E-state index in [4.69, 9.17) is 27.9 Å². The fourth-order valence-electron chi connectivity index (χ4n) is 3.45. The van der Waals surface area contributed by atoms with Crippen LogP contribution in [0.4, 0.5) is 0 Å². The summed E-state index contributed by atoms with van der Waals surface area (Å²) >= 11 is 11.9. The quantitative estimate of drug-likeness (QED) is 0.626. The minimum Gasteiger partial charge on any atom is -0.492 e. The van der Waals surface area contributed by atoms with Crippen molar-refractivity contribution in [2.45, 2.75) is 44.6 Å². The van der Waals surface area contributed by atoms with Crippen LogP contribution in [0.15, 0.2) is 18.2 Å². The van der Waals surface area contributed by atoms with Crippen LogP contribution < -0.4 is 4.74 Å². The Kier molecular flexibility index (Phi) is 8.24. The van der Waals surface area contributed by atoms with Crippen molar-refractivity contribution in [2.24, 2.45) is 5.92 Å². The van der Waals surface area contributed by atoms with Crippen LogP contribution >= 0.6 is 23.2 Å². The van der Waals surface area contributed by atoms with Crippen LogP contribution in [0.2, 0.25) is 10.0 Å². The van der Waals surface area contributed by atoms with Crippen LogP contribution in [-0.2, 0) is 9.59 Å². The number of nitrogens with zero attached hydrogens (tertiary/aromatic N) is 2. The Morgan fingerprint density at radius 3 is 2.37 bits per heavy atom. The molecule has 2 amide bonds. The van der Waals surface area contributed by atoms with E-state index in [0.29, 0.717) is 35.2 Å². The van der Waals surface area contributed by atoms with Gasteiger partial charge in [0.1, 0.15) is 5.75 Å². The minimum absolute atomic E-state index is 0.0947. The van der Waals surface area contributed by atoms with Gasteiger partial charge in [-0.2, -0.15) is 0 Å². The third-order valence-electron chi connectivity index (χ3n) is 5.11. The first-order valence-electron chi connectivity index (χ1n) is 9.34. The van der Waals surface area contributed by atoms with Gasteiger partial charge in [-0.1, -0.05) is 23.2 Å². The maximum Gasteiger partial charge on any atom is 0.225 e. The monoisotopic (exact) mass is 414 g/mol. The molecule has 1 saturated carbocycles. The zero-order chi connectivity index (χ0) is 20.0. The van der Waals surface area contributed by atoms with Gasteiger partial charge < -0.3 is 14.5 Å². The molecule has 0 unspecified atom stereocenters. The van der Waals surface area contributed by atoms with Crippen molar-refractivity contribution in [3.63, 3.8) is 0 Å². The highest BCUT2D eigenvalue weighted by molar-refractivity contribution is 6.35. The summed E-state index contributed by atoms with van der Waals surface area (Å²) in [5.74, 6) is 0.978. The second-order valence-corrected chi connectivity index (χ2v) is 8.11. The molecule has 1 aliphatic rings. The van der Waals surface area contributed by atoms with E-state index in [1.807, 2.05) is 11.9 Å². The summed E-state index contributed by atoms with van der Waals surface area (Å²) in [6, 6.07) is 5.30. The molecule has 0 atom stereocenters. The smallest absolute Gasteiger partial charge is 0.225 e. The maximum atomic E-state index is 12.4. The molecule has 7 heteroatoms. The molecule has 0 aliphatic heterocycles. The third-order valence-corrected chi connectivity index (χ3v) is 5.64. The SMILES string of the molecule is CN(C)C(=O)C1CCC(N(C)C(=O)CCCOc2ccc(Cl)cc2Cl)CC1. The van der Waals surface area contributed by atoms with Crippen molar-refractivity contribution in [3.8, 4) is 5.75 Å².